The van der Waals surface area contributed by atoms with Crippen molar-refractivity contribution < 1.29 is 18.0 Å². The highest BCUT2D eigenvalue weighted by Crippen LogP contribution is 2.25. The van der Waals surface area contributed by atoms with E-state index in [1.807, 2.05) is 52.0 Å². The van der Waals surface area contributed by atoms with E-state index in [-0.39, 0.29) is 12.5 Å². The molecule has 9 heteroatoms. The average molecular weight is 567 g/mol. The average Bonchev–Trinajstić information content (AvgIpc) is 2.80. The summed E-state index contributed by atoms with van der Waals surface area (Å²) in [5.74, 6) is -0.666. The maximum absolute atomic E-state index is 13.7. The number of aryl methyl sites for hydroxylation is 2. The van der Waals surface area contributed by atoms with Crippen molar-refractivity contribution in [1.82, 2.24) is 10.2 Å². The molecule has 35 heavy (non-hydrogen) atoms. The van der Waals surface area contributed by atoms with E-state index in [0.717, 1.165) is 44.6 Å². The topological polar surface area (TPSA) is 86.8 Å². The van der Waals surface area contributed by atoms with Gasteiger partial charge in [0.25, 0.3) is 0 Å². The highest BCUT2D eigenvalue weighted by molar-refractivity contribution is 9.10. The van der Waals surface area contributed by atoms with Crippen LogP contribution >= 0.6 is 15.9 Å². The van der Waals surface area contributed by atoms with Gasteiger partial charge in [-0.05, 0) is 56.0 Å². The fourth-order valence-corrected chi connectivity index (χ4v) is 4.80. The molecule has 0 aliphatic carbocycles. The molecule has 0 aromatic heterocycles. The molecular formula is C26H36BrN3O4S. The van der Waals surface area contributed by atoms with Gasteiger partial charge in [-0.2, -0.15) is 0 Å². The number of carbonyl (C=O) groups is 2. The SMILES string of the molecule is CCCCNC(=O)[C@H](CC)N(Cc1ccc(C)cc1)C(=O)CN(c1ccc(Br)c(C)c1)S(C)(=O)=O. The van der Waals surface area contributed by atoms with Crippen LogP contribution in [0.3, 0.4) is 0 Å². The number of amides is 2. The first-order valence-corrected chi connectivity index (χ1v) is 14.5. The van der Waals surface area contributed by atoms with E-state index in [2.05, 4.69) is 21.2 Å². The van der Waals surface area contributed by atoms with E-state index in [1.165, 1.54) is 4.90 Å². The van der Waals surface area contributed by atoms with Gasteiger partial charge in [-0.25, -0.2) is 8.42 Å². The van der Waals surface area contributed by atoms with Crippen LogP contribution in [-0.4, -0.2) is 50.5 Å². The van der Waals surface area contributed by atoms with Crippen molar-refractivity contribution in [2.45, 2.75) is 59.5 Å². The summed E-state index contributed by atoms with van der Waals surface area (Å²) in [6, 6.07) is 12.2. The molecule has 2 aromatic carbocycles. The lowest BCUT2D eigenvalue weighted by molar-refractivity contribution is -0.140. The van der Waals surface area contributed by atoms with E-state index < -0.39 is 28.5 Å². The molecule has 7 nitrogen and oxygen atoms in total. The molecule has 0 heterocycles. The Morgan fingerprint density at radius 3 is 2.26 bits per heavy atom. The van der Waals surface area contributed by atoms with E-state index >= 15 is 0 Å². The molecule has 2 rings (SSSR count). The van der Waals surface area contributed by atoms with Gasteiger partial charge in [0, 0.05) is 17.6 Å². The number of sulfonamides is 1. The van der Waals surface area contributed by atoms with E-state index in [1.54, 1.807) is 18.2 Å². The molecular weight excluding hydrogens is 530 g/mol. The predicted molar refractivity (Wildman–Crippen MR) is 145 cm³/mol. The number of halogens is 1. The minimum atomic E-state index is -3.75. The minimum Gasteiger partial charge on any atom is -0.354 e. The molecule has 0 saturated carbocycles. The maximum atomic E-state index is 13.7. The van der Waals surface area contributed by atoms with Crippen LogP contribution < -0.4 is 9.62 Å². The number of anilines is 1. The summed E-state index contributed by atoms with van der Waals surface area (Å²) in [5, 5.41) is 2.92. The predicted octanol–water partition coefficient (Wildman–Crippen LogP) is 4.56. The Kier molecular flexibility index (Phi) is 10.8. The number of nitrogens with zero attached hydrogens (tertiary/aromatic N) is 2. The van der Waals surface area contributed by atoms with Crippen molar-refractivity contribution in [2.75, 3.05) is 23.7 Å². The molecule has 0 unspecified atom stereocenters. The summed E-state index contributed by atoms with van der Waals surface area (Å²) >= 11 is 3.43. The number of benzene rings is 2. The zero-order valence-corrected chi connectivity index (χ0v) is 23.6. The van der Waals surface area contributed by atoms with Crippen LogP contribution in [0.15, 0.2) is 46.9 Å². The number of carbonyl (C=O) groups excluding carboxylic acids is 2. The van der Waals surface area contributed by atoms with Gasteiger partial charge in [-0.1, -0.05) is 66.0 Å². The fraction of sp³-hybridized carbons (Fsp3) is 0.462. The fourth-order valence-electron chi connectivity index (χ4n) is 3.71. The number of unbranched alkanes of at least 4 members (excludes halogenated alkanes) is 1. The lowest BCUT2D eigenvalue weighted by Gasteiger charge is -2.33. The van der Waals surface area contributed by atoms with Gasteiger partial charge in [0.05, 0.1) is 11.9 Å². The molecule has 2 aromatic rings. The highest BCUT2D eigenvalue weighted by Gasteiger charge is 2.31. The quantitative estimate of drug-likeness (QED) is 0.382. The standard InChI is InChI=1S/C26H36BrN3O4S/c1-6-8-15-28-26(32)24(7-2)29(17-21-11-9-19(3)10-12-21)25(31)18-30(35(5,33)34)22-13-14-23(27)20(4)16-22/h9-14,16,24H,6-8,15,17-18H2,1-5H3,(H,28,32)/t24-/m0/s1. The monoisotopic (exact) mass is 565 g/mol. The third-order valence-corrected chi connectivity index (χ3v) is 7.83. The van der Waals surface area contributed by atoms with Crippen LogP contribution in [0.25, 0.3) is 0 Å². The van der Waals surface area contributed by atoms with Crippen molar-refractivity contribution >= 4 is 43.5 Å². The molecule has 0 spiro atoms. The molecule has 1 atom stereocenters. The second kappa shape index (κ2) is 13.1. The largest absolute Gasteiger partial charge is 0.354 e. The zero-order chi connectivity index (χ0) is 26.2. The Hall–Kier alpha value is -2.39. The van der Waals surface area contributed by atoms with Crippen LogP contribution in [0.1, 0.15) is 49.8 Å². The van der Waals surface area contributed by atoms with Crippen molar-refractivity contribution in [3.63, 3.8) is 0 Å². The zero-order valence-electron chi connectivity index (χ0n) is 21.2. The van der Waals surface area contributed by atoms with Crippen molar-refractivity contribution in [2.24, 2.45) is 0 Å². The van der Waals surface area contributed by atoms with Crippen molar-refractivity contribution in [1.29, 1.82) is 0 Å². The van der Waals surface area contributed by atoms with Gasteiger partial charge in [0.1, 0.15) is 12.6 Å². The molecule has 0 radical (unpaired) electrons. The van der Waals surface area contributed by atoms with Gasteiger partial charge < -0.3 is 10.2 Å². The Balaban J connectivity index is 2.41. The molecule has 1 N–H and O–H groups in total. The molecule has 0 fully saturated rings. The Bertz CT molecular complexity index is 1120. The molecule has 2 amide bonds. The van der Waals surface area contributed by atoms with Gasteiger partial charge >= 0.3 is 0 Å². The maximum Gasteiger partial charge on any atom is 0.244 e. The first-order valence-electron chi connectivity index (χ1n) is 11.8. The van der Waals surface area contributed by atoms with Crippen LogP contribution in [0, 0.1) is 13.8 Å². The summed E-state index contributed by atoms with van der Waals surface area (Å²) in [7, 11) is -3.75. The van der Waals surface area contributed by atoms with E-state index in [0.29, 0.717) is 18.7 Å². The smallest absolute Gasteiger partial charge is 0.244 e. The number of hydrogen-bond acceptors (Lipinski definition) is 4. The summed E-state index contributed by atoms with van der Waals surface area (Å²) < 4.78 is 27.3. The van der Waals surface area contributed by atoms with Crippen LogP contribution in [0.5, 0.6) is 0 Å². The third-order valence-electron chi connectivity index (χ3n) is 5.80. The molecule has 0 aliphatic heterocycles. The Labute approximate surface area is 218 Å². The van der Waals surface area contributed by atoms with Crippen molar-refractivity contribution in [3.8, 4) is 0 Å². The van der Waals surface area contributed by atoms with E-state index in [4.69, 9.17) is 0 Å². The minimum absolute atomic E-state index is 0.204. The molecule has 0 bridgehead atoms. The van der Waals surface area contributed by atoms with Gasteiger partial charge in [0.2, 0.25) is 21.8 Å². The Morgan fingerprint density at radius 1 is 1.06 bits per heavy atom. The van der Waals surface area contributed by atoms with Crippen LogP contribution in [0.2, 0.25) is 0 Å². The normalized spacial score (nSPS) is 12.2. The lowest BCUT2D eigenvalue weighted by atomic mass is 10.1. The second-order valence-corrected chi connectivity index (χ2v) is 11.5. The second-order valence-electron chi connectivity index (χ2n) is 8.78. The highest BCUT2D eigenvalue weighted by atomic mass is 79.9. The summed E-state index contributed by atoms with van der Waals surface area (Å²) in [6.07, 6.45) is 3.28. The van der Waals surface area contributed by atoms with Gasteiger partial charge in [0.15, 0.2) is 0 Å². The molecule has 192 valence electrons. The summed E-state index contributed by atoms with van der Waals surface area (Å²) in [4.78, 5) is 28.2. The van der Waals surface area contributed by atoms with Crippen molar-refractivity contribution in [3.05, 3.63) is 63.6 Å². The van der Waals surface area contributed by atoms with Gasteiger partial charge in [-0.3, -0.25) is 13.9 Å². The Morgan fingerprint density at radius 2 is 1.71 bits per heavy atom. The molecule has 0 saturated heterocycles. The first-order chi connectivity index (χ1) is 16.5. The van der Waals surface area contributed by atoms with Crippen LogP contribution in [-0.2, 0) is 26.2 Å². The summed E-state index contributed by atoms with van der Waals surface area (Å²) in [6.45, 7) is 8.07. The third kappa shape index (κ3) is 8.35. The first kappa shape index (κ1) is 28.8. The molecule has 0 aliphatic rings. The number of rotatable bonds is 12. The number of nitrogens with one attached hydrogen (secondary N) is 1. The summed E-state index contributed by atoms with van der Waals surface area (Å²) in [5.41, 5.74) is 3.21. The van der Waals surface area contributed by atoms with Gasteiger partial charge in [-0.15, -0.1) is 0 Å². The lowest BCUT2D eigenvalue weighted by Crippen LogP contribution is -2.52. The van der Waals surface area contributed by atoms with Crippen LogP contribution in [0.4, 0.5) is 5.69 Å². The van der Waals surface area contributed by atoms with E-state index in [9.17, 15) is 18.0 Å². The number of hydrogen-bond donors (Lipinski definition) is 1.